The van der Waals surface area contributed by atoms with E-state index in [0.29, 0.717) is 18.2 Å². The van der Waals surface area contributed by atoms with Gasteiger partial charge in [-0.15, -0.1) is 0 Å². The topological polar surface area (TPSA) is 50.4 Å². The smallest absolute Gasteiger partial charge is 0.319 e. The van der Waals surface area contributed by atoms with E-state index in [1.165, 1.54) is 25.3 Å². The Morgan fingerprint density at radius 3 is 2.76 bits per heavy atom. The fourth-order valence-electron chi connectivity index (χ4n) is 1.21. The van der Waals surface area contributed by atoms with Crippen LogP contribution in [-0.4, -0.2) is 19.7 Å². The predicted octanol–water partition coefficient (Wildman–Crippen LogP) is 2.61. The van der Waals surface area contributed by atoms with E-state index < -0.39 is 5.82 Å². The number of amides is 2. The Balaban J connectivity index is 2.59. The number of halogens is 1. The molecule has 1 aromatic carbocycles. The van der Waals surface area contributed by atoms with Gasteiger partial charge in [0.1, 0.15) is 0 Å². The molecule has 0 aliphatic rings. The van der Waals surface area contributed by atoms with Crippen LogP contribution in [0.4, 0.5) is 14.9 Å². The molecule has 0 fully saturated rings. The van der Waals surface area contributed by atoms with Crippen molar-refractivity contribution in [2.45, 2.75) is 13.8 Å². The van der Waals surface area contributed by atoms with Crippen molar-refractivity contribution in [1.82, 2.24) is 5.32 Å². The first-order chi connectivity index (χ1) is 8.02. The van der Waals surface area contributed by atoms with Gasteiger partial charge in [-0.05, 0) is 18.1 Å². The van der Waals surface area contributed by atoms with Gasteiger partial charge in [0.25, 0.3) is 0 Å². The highest BCUT2D eigenvalue weighted by molar-refractivity contribution is 5.89. The predicted molar refractivity (Wildman–Crippen MR) is 64.8 cm³/mol. The van der Waals surface area contributed by atoms with Crippen molar-refractivity contribution < 1.29 is 13.9 Å². The van der Waals surface area contributed by atoms with Crippen LogP contribution < -0.4 is 15.4 Å². The summed E-state index contributed by atoms with van der Waals surface area (Å²) < 4.78 is 17.9. The zero-order valence-electron chi connectivity index (χ0n) is 10.2. The molecule has 0 atom stereocenters. The van der Waals surface area contributed by atoms with Crippen molar-refractivity contribution in [3.05, 3.63) is 24.0 Å². The summed E-state index contributed by atoms with van der Waals surface area (Å²) >= 11 is 0. The first-order valence-electron chi connectivity index (χ1n) is 5.41. The van der Waals surface area contributed by atoms with Gasteiger partial charge in [-0.3, -0.25) is 0 Å². The number of hydrogen-bond acceptors (Lipinski definition) is 2. The Morgan fingerprint density at radius 2 is 2.18 bits per heavy atom. The zero-order valence-corrected chi connectivity index (χ0v) is 10.2. The van der Waals surface area contributed by atoms with Gasteiger partial charge in [0.15, 0.2) is 11.6 Å². The molecule has 0 aromatic heterocycles. The molecule has 0 spiro atoms. The largest absolute Gasteiger partial charge is 0.494 e. The minimum Gasteiger partial charge on any atom is -0.494 e. The van der Waals surface area contributed by atoms with Crippen molar-refractivity contribution in [3.63, 3.8) is 0 Å². The first-order valence-corrected chi connectivity index (χ1v) is 5.41. The maximum Gasteiger partial charge on any atom is 0.319 e. The normalized spacial score (nSPS) is 10.2. The fraction of sp³-hybridized carbons (Fsp3) is 0.417. The van der Waals surface area contributed by atoms with Crippen LogP contribution in [0.25, 0.3) is 0 Å². The minimum absolute atomic E-state index is 0.103. The summed E-state index contributed by atoms with van der Waals surface area (Å²) in [5, 5.41) is 5.30. The van der Waals surface area contributed by atoms with Crippen LogP contribution in [0.1, 0.15) is 13.8 Å². The zero-order chi connectivity index (χ0) is 12.8. The second-order valence-electron chi connectivity index (χ2n) is 4.08. The molecule has 0 unspecified atom stereocenters. The van der Waals surface area contributed by atoms with Crippen LogP contribution in [-0.2, 0) is 0 Å². The highest BCUT2D eigenvalue weighted by Gasteiger charge is 2.06. The third kappa shape index (κ3) is 4.30. The van der Waals surface area contributed by atoms with Gasteiger partial charge in [0.05, 0.1) is 7.11 Å². The summed E-state index contributed by atoms with van der Waals surface area (Å²) in [6, 6.07) is 3.85. The fourth-order valence-corrected chi connectivity index (χ4v) is 1.21. The van der Waals surface area contributed by atoms with Gasteiger partial charge < -0.3 is 15.4 Å². The van der Waals surface area contributed by atoms with Crippen LogP contribution in [0.3, 0.4) is 0 Å². The van der Waals surface area contributed by atoms with Gasteiger partial charge in [0.2, 0.25) is 0 Å². The monoisotopic (exact) mass is 240 g/mol. The average molecular weight is 240 g/mol. The highest BCUT2D eigenvalue weighted by Crippen LogP contribution is 2.21. The van der Waals surface area contributed by atoms with Crippen LogP contribution in [0, 0.1) is 11.7 Å². The molecule has 4 nitrogen and oxygen atoms in total. The molecule has 1 rings (SSSR count). The molecular weight excluding hydrogens is 223 g/mol. The SMILES string of the molecule is COc1cc(NC(=O)NCC(C)C)ccc1F. The summed E-state index contributed by atoms with van der Waals surface area (Å²) in [7, 11) is 1.38. The van der Waals surface area contributed by atoms with E-state index in [4.69, 9.17) is 4.74 Å². The lowest BCUT2D eigenvalue weighted by atomic mass is 10.2. The molecule has 2 N–H and O–H groups in total. The summed E-state index contributed by atoms with van der Waals surface area (Å²) in [5.41, 5.74) is 0.490. The molecule has 2 amide bonds. The summed E-state index contributed by atoms with van der Waals surface area (Å²) in [5.74, 6) is 0.0239. The third-order valence-corrected chi connectivity index (χ3v) is 2.08. The van der Waals surface area contributed by atoms with Gasteiger partial charge >= 0.3 is 6.03 Å². The van der Waals surface area contributed by atoms with Crippen LogP contribution >= 0.6 is 0 Å². The number of ether oxygens (including phenoxy) is 1. The number of hydrogen-bond donors (Lipinski definition) is 2. The quantitative estimate of drug-likeness (QED) is 0.850. The maximum absolute atomic E-state index is 13.1. The van der Waals surface area contributed by atoms with Crippen LogP contribution in [0.5, 0.6) is 5.75 Å². The van der Waals surface area contributed by atoms with Crippen LogP contribution in [0.15, 0.2) is 18.2 Å². The molecule has 0 saturated carbocycles. The number of urea groups is 1. The van der Waals surface area contributed by atoms with Gasteiger partial charge in [-0.1, -0.05) is 13.8 Å². The van der Waals surface area contributed by atoms with Crippen molar-refractivity contribution >= 4 is 11.7 Å². The molecule has 5 heteroatoms. The molecule has 17 heavy (non-hydrogen) atoms. The van der Waals surface area contributed by atoms with Gasteiger partial charge in [0, 0.05) is 18.3 Å². The minimum atomic E-state index is -0.458. The molecule has 0 bridgehead atoms. The molecule has 0 aliphatic heterocycles. The van der Waals surface area contributed by atoms with Gasteiger partial charge in [-0.2, -0.15) is 0 Å². The molecule has 1 aromatic rings. The number of carbonyl (C=O) groups excluding carboxylic acids is 1. The number of methoxy groups -OCH3 is 1. The number of rotatable bonds is 4. The second-order valence-corrected chi connectivity index (χ2v) is 4.08. The lowest BCUT2D eigenvalue weighted by Crippen LogP contribution is -2.31. The number of carbonyl (C=O) groups is 1. The molecule has 0 aliphatic carbocycles. The van der Waals surface area contributed by atoms with Crippen molar-refractivity contribution in [1.29, 1.82) is 0 Å². The van der Waals surface area contributed by atoms with Crippen LogP contribution in [0.2, 0.25) is 0 Å². The van der Waals surface area contributed by atoms with Crippen molar-refractivity contribution in [2.24, 2.45) is 5.92 Å². The summed E-state index contributed by atoms with van der Waals surface area (Å²) in [6.45, 7) is 4.59. The van der Waals surface area contributed by atoms with E-state index in [1.807, 2.05) is 13.8 Å². The van der Waals surface area contributed by atoms with Crippen molar-refractivity contribution in [2.75, 3.05) is 19.0 Å². The van der Waals surface area contributed by atoms with E-state index in [1.54, 1.807) is 0 Å². The Bertz CT molecular complexity index is 394. The molecule has 0 radical (unpaired) electrons. The van der Waals surface area contributed by atoms with E-state index in [-0.39, 0.29) is 11.8 Å². The number of benzene rings is 1. The number of nitrogens with one attached hydrogen (secondary N) is 2. The van der Waals surface area contributed by atoms with Crippen molar-refractivity contribution in [3.8, 4) is 5.75 Å². The molecular formula is C12H17FN2O2. The highest BCUT2D eigenvalue weighted by atomic mass is 19.1. The summed E-state index contributed by atoms with van der Waals surface area (Å²) in [4.78, 5) is 11.4. The molecule has 94 valence electrons. The standard InChI is InChI=1S/C12H17FN2O2/c1-8(2)7-14-12(16)15-9-4-5-10(13)11(6-9)17-3/h4-6,8H,7H2,1-3H3,(H2,14,15,16). The Kier molecular flexibility index (Phi) is 4.75. The second kappa shape index (κ2) is 6.08. The lowest BCUT2D eigenvalue weighted by Gasteiger charge is -2.10. The third-order valence-electron chi connectivity index (χ3n) is 2.08. The lowest BCUT2D eigenvalue weighted by molar-refractivity contribution is 0.251. The van der Waals surface area contributed by atoms with E-state index in [0.717, 1.165) is 0 Å². The van der Waals surface area contributed by atoms with E-state index in [9.17, 15) is 9.18 Å². The average Bonchev–Trinajstić information content (AvgIpc) is 2.29. The Hall–Kier alpha value is -1.78. The summed E-state index contributed by atoms with van der Waals surface area (Å²) in [6.07, 6.45) is 0. The Labute approximate surface area is 100 Å². The maximum atomic E-state index is 13.1. The van der Waals surface area contributed by atoms with E-state index in [2.05, 4.69) is 10.6 Å². The Morgan fingerprint density at radius 1 is 1.47 bits per heavy atom. The molecule has 0 saturated heterocycles. The van der Waals surface area contributed by atoms with E-state index >= 15 is 0 Å². The molecule has 0 heterocycles. The number of anilines is 1. The first kappa shape index (κ1) is 13.3. The van der Waals surface area contributed by atoms with Gasteiger partial charge in [-0.25, -0.2) is 9.18 Å².